The molecule has 1 heterocycles. The first-order chi connectivity index (χ1) is 11.5. The molecule has 7 nitrogen and oxygen atoms in total. The van der Waals surface area contributed by atoms with Crippen LogP contribution in [0.15, 0.2) is 6.07 Å². The van der Waals surface area contributed by atoms with E-state index >= 15 is 0 Å². The summed E-state index contributed by atoms with van der Waals surface area (Å²) in [6.07, 6.45) is -4.57. The minimum absolute atomic E-state index is 0.190. The third kappa shape index (κ3) is 3.98. The van der Waals surface area contributed by atoms with E-state index in [1.807, 2.05) is 4.72 Å². The van der Waals surface area contributed by atoms with Crippen molar-refractivity contribution in [3.63, 3.8) is 0 Å². The Bertz CT molecular complexity index is 919. The molecular formula is C13H14ClF3N4O3S. The van der Waals surface area contributed by atoms with Gasteiger partial charge in [0.25, 0.3) is 5.88 Å². The zero-order valence-electron chi connectivity index (χ0n) is 13.1. The molecule has 1 aromatic heterocycles. The first kappa shape index (κ1) is 19.3. The number of methoxy groups -OCH3 is 1. The summed E-state index contributed by atoms with van der Waals surface area (Å²) in [6.45, 7) is 1.60. The number of alkyl halides is 3. The van der Waals surface area contributed by atoms with E-state index in [-0.39, 0.29) is 34.9 Å². The predicted molar refractivity (Wildman–Crippen MR) is 88.2 cm³/mol. The van der Waals surface area contributed by atoms with Gasteiger partial charge in [0, 0.05) is 0 Å². The van der Waals surface area contributed by atoms with E-state index in [1.54, 1.807) is 6.92 Å². The maximum absolute atomic E-state index is 13.2. The molecule has 0 saturated heterocycles. The number of nitrogens with two attached hydrogens (primary N) is 1. The summed E-state index contributed by atoms with van der Waals surface area (Å²) in [4.78, 5) is 7.73. The standard InChI is InChI=1S/C13H14ClF3N4O3S/c1-3-4-25(22,23)21-10-8(14)6(13(15,16)17)5-7-9(10)20-11(18)12(19-7)24-2/h5,21H,3-4H2,1-2H3,(H2,18,20). The Kier molecular flexibility index (Phi) is 5.19. The van der Waals surface area contributed by atoms with Gasteiger partial charge in [-0.15, -0.1) is 0 Å². The van der Waals surface area contributed by atoms with Crippen molar-refractivity contribution in [2.24, 2.45) is 0 Å². The minimum atomic E-state index is -4.83. The fourth-order valence-electron chi connectivity index (χ4n) is 2.09. The fraction of sp³-hybridized carbons (Fsp3) is 0.385. The number of aromatic nitrogens is 2. The summed E-state index contributed by atoms with van der Waals surface area (Å²) < 4.78 is 70.6. The van der Waals surface area contributed by atoms with Crippen LogP contribution in [0, 0.1) is 0 Å². The summed E-state index contributed by atoms with van der Waals surface area (Å²) in [5, 5.41) is -0.835. The molecule has 2 aromatic rings. The van der Waals surface area contributed by atoms with E-state index < -0.39 is 32.5 Å². The molecule has 0 bridgehead atoms. The van der Waals surface area contributed by atoms with E-state index in [1.165, 1.54) is 7.11 Å². The molecular weight excluding hydrogens is 385 g/mol. The van der Waals surface area contributed by atoms with Crippen molar-refractivity contribution in [3.8, 4) is 5.88 Å². The molecule has 138 valence electrons. The summed E-state index contributed by atoms with van der Waals surface area (Å²) >= 11 is 5.82. The fourth-order valence-corrected chi connectivity index (χ4v) is 3.60. The molecule has 0 fully saturated rings. The van der Waals surface area contributed by atoms with Crippen LogP contribution in [-0.2, 0) is 16.2 Å². The largest absolute Gasteiger partial charge is 0.478 e. The zero-order chi connectivity index (χ0) is 19.0. The van der Waals surface area contributed by atoms with Gasteiger partial charge in [-0.1, -0.05) is 18.5 Å². The number of rotatable bonds is 5. The van der Waals surface area contributed by atoms with E-state index in [9.17, 15) is 21.6 Å². The minimum Gasteiger partial charge on any atom is -0.478 e. The van der Waals surface area contributed by atoms with Crippen LogP contribution in [0.2, 0.25) is 5.02 Å². The first-order valence-electron chi connectivity index (χ1n) is 6.91. The molecule has 0 aliphatic heterocycles. The smallest absolute Gasteiger partial charge is 0.418 e. The van der Waals surface area contributed by atoms with Gasteiger partial charge in [0.15, 0.2) is 5.82 Å². The lowest BCUT2D eigenvalue weighted by molar-refractivity contribution is -0.137. The number of sulfonamides is 1. The van der Waals surface area contributed by atoms with Crippen LogP contribution in [0.4, 0.5) is 24.7 Å². The molecule has 2 rings (SSSR count). The average Bonchev–Trinajstić information content (AvgIpc) is 2.48. The zero-order valence-corrected chi connectivity index (χ0v) is 14.7. The SMILES string of the molecule is CCCS(=O)(=O)Nc1c(Cl)c(C(F)(F)F)cc2nc(OC)c(N)nc12. The Balaban J connectivity index is 2.84. The Labute approximate surface area is 146 Å². The third-order valence-corrected chi connectivity index (χ3v) is 4.97. The Hall–Kier alpha value is -2.01. The van der Waals surface area contributed by atoms with Crippen molar-refractivity contribution < 1.29 is 26.3 Å². The molecule has 0 atom stereocenters. The van der Waals surface area contributed by atoms with Crippen molar-refractivity contribution >= 4 is 44.2 Å². The maximum Gasteiger partial charge on any atom is 0.418 e. The molecule has 12 heteroatoms. The molecule has 0 amide bonds. The highest BCUT2D eigenvalue weighted by Crippen LogP contribution is 2.42. The first-order valence-corrected chi connectivity index (χ1v) is 8.94. The van der Waals surface area contributed by atoms with Crippen molar-refractivity contribution in [2.45, 2.75) is 19.5 Å². The molecule has 0 saturated carbocycles. The summed E-state index contributed by atoms with van der Waals surface area (Å²) in [5.74, 6) is -0.716. The van der Waals surface area contributed by atoms with Gasteiger partial charge >= 0.3 is 6.18 Å². The lowest BCUT2D eigenvalue weighted by Gasteiger charge is -2.17. The lowest BCUT2D eigenvalue weighted by atomic mass is 10.1. The second-order valence-electron chi connectivity index (χ2n) is 5.02. The van der Waals surface area contributed by atoms with Crippen LogP contribution in [0.5, 0.6) is 5.88 Å². The molecule has 1 aromatic carbocycles. The number of halogens is 4. The number of nitrogens with zero attached hydrogens (tertiary/aromatic N) is 2. The van der Waals surface area contributed by atoms with Gasteiger partial charge in [-0.25, -0.2) is 18.4 Å². The van der Waals surface area contributed by atoms with Crippen LogP contribution in [0.25, 0.3) is 11.0 Å². The number of nitrogen functional groups attached to an aromatic ring is 1. The number of fused-ring (bicyclic) bond motifs is 1. The lowest BCUT2D eigenvalue weighted by Crippen LogP contribution is -2.18. The quantitative estimate of drug-likeness (QED) is 0.801. The number of ether oxygens (including phenoxy) is 1. The number of benzene rings is 1. The van der Waals surface area contributed by atoms with Crippen LogP contribution in [0.1, 0.15) is 18.9 Å². The van der Waals surface area contributed by atoms with Gasteiger partial charge in [0.05, 0.1) is 34.7 Å². The highest BCUT2D eigenvalue weighted by molar-refractivity contribution is 7.92. The highest BCUT2D eigenvalue weighted by Gasteiger charge is 2.36. The third-order valence-electron chi connectivity index (χ3n) is 3.12. The molecule has 0 aliphatic rings. The Morgan fingerprint density at radius 1 is 1.36 bits per heavy atom. The van der Waals surface area contributed by atoms with E-state index in [2.05, 4.69) is 9.97 Å². The second-order valence-corrected chi connectivity index (χ2v) is 7.24. The number of nitrogens with one attached hydrogen (secondary N) is 1. The van der Waals surface area contributed by atoms with E-state index in [4.69, 9.17) is 22.1 Å². The second kappa shape index (κ2) is 6.71. The van der Waals surface area contributed by atoms with Crippen LogP contribution in [0.3, 0.4) is 0 Å². The molecule has 0 unspecified atom stereocenters. The molecule has 0 spiro atoms. The summed E-state index contributed by atoms with van der Waals surface area (Å²) in [7, 11) is -2.71. The Morgan fingerprint density at radius 3 is 2.52 bits per heavy atom. The Morgan fingerprint density at radius 2 is 2.00 bits per heavy atom. The normalized spacial score (nSPS) is 12.4. The molecule has 25 heavy (non-hydrogen) atoms. The van der Waals surface area contributed by atoms with Crippen molar-refractivity contribution in [3.05, 3.63) is 16.7 Å². The van der Waals surface area contributed by atoms with Gasteiger partial charge in [0.2, 0.25) is 10.0 Å². The summed E-state index contributed by atoms with van der Waals surface area (Å²) in [5.41, 5.74) is 3.36. The summed E-state index contributed by atoms with van der Waals surface area (Å²) in [6, 6.07) is 0.657. The molecule has 3 N–H and O–H groups in total. The van der Waals surface area contributed by atoms with Crippen LogP contribution in [-0.4, -0.2) is 31.2 Å². The molecule has 0 aliphatic carbocycles. The number of anilines is 2. The van der Waals surface area contributed by atoms with Crippen molar-refractivity contribution in [1.29, 1.82) is 0 Å². The molecule has 0 radical (unpaired) electrons. The predicted octanol–water partition coefficient (Wildman–Crippen LogP) is 3.04. The van der Waals surface area contributed by atoms with Gasteiger partial charge in [-0.05, 0) is 12.5 Å². The van der Waals surface area contributed by atoms with Gasteiger partial charge in [-0.3, -0.25) is 4.72 Å². The van der Waals surface area contributed by atoms with Gasteiger partial charge in [-0.2, -0.15) is 13.2 Å². The topological polar surface area (TPSA) is 107 Å². The highest BCUT2D eigenvalue weighted by atomic mass is 35.5. The number of hydrogen-bond donors (Lipinski definition) is 2. The van der Waals surface area contributed by atoms with E-state index in [0.717, 1.165) is 0 Å². The average molecular weight is 399 g/mol. The maximum atomic E-state index is 13.2. The monoisotopic (exact) mass is 398 g/mol. The van der Waals surface area contributed by atoms with Crippen molar-refractivity contribution in [2.75, 3.05) is 23.3 Å². The van der Waals surface area contributed by atoms with Crippen LogP contribution >= 0.6 is 11.6 Å². The van der Waals surface area contributed by atoms with E-state index in [0.29, 0.717) is 6.07 Å². The van der Waals surface area contributed by atoms with Gasteiger partial charge < -0.3 is 10.5 Å². The van der Waals surface area contributed by atoms with Gasteiger partial charge in [0.1, 0.15) is 5.52 Å². The number of hydrogen-bond acceptors (Lipinski definition) is 6. The van der Waals surface area contributed by atoms with Crippen molar-refractivity contribution in [1.82, 2.24) is 9.97 Å². The van der Waals surface area contributed by atoms with Crippen LogP contribution < -0.4 is 15.2 Å².